The van der Waals surface area contributed by atoms with Crippen LogP contribution < -0.4 is 0 Å². The molecule has 1 unspecified atom stereocenters. The molecular formula is C59H92O26. The Labute approximate surface area is 493 Å². The van der Waals surface area contributed by atoms with Crippen molar-refractivity contribution >= 4 is 17.9 Å². The van der Waals surface area contributed by atoms with Crippen molar-refractivity contribution in [1.82, 2.24) is 0 Å². The van der Waals surface area contributed by atoms with E-state index in [1.807, 2.05) is 27.7 Å². The number of hydrogen-bond donors (Lipinski definition) is 13. The van der Waals surface area contributed by atoms with Crippen LogP contribution in [0.5, 0.6) is 0 Å². The van der Waals surface area contributed by atoms with Crippen molar-refractivity contribution in [2.24, 2.45) is 50.2 Å². The zero-order chi connectivity index (χ0) is 62.6. The molecule has 9 aliphatic rings. The molecule has 0 radical (unpaired) electrons. The van der Waals surface area contributed by atoms with Gasteiger partial charge in [0.25, 0.3) is 0 Å². The zero-order valence-corrected chi connectivity index (χ0v) is 50.0. The maximum absolute atomic E-state index is 13.5. The van der Waals surface area contributed by atoms with Gasteiger partial charge in [-0.05, 0) is 98.2 Å². The first-order valence-corrected chi connectivity index (χ1v) is 29.8. The summed E-state index contributed by atoms with van der Waals surface area (Å²) in [4.78, 5) is 39.6. The third kappa shape index (κ3) is 11.1. The maximum atomic E-state index is 13.5. The van der Waals surface area contributed by atoms with E-state index in [0.29, 0.717) is 44.1 Å². The second kappa shape index (κ2) is 24.4. The third-order valence-corrected chi connectivity index (χ3v) is 22.2. The summed E-state index contributed by atoms with van der Waals surface area (Å²) >= 11 is 0. The minimum absolute atomic E-state index is 0.00886. The van der Waals surface area contributed by atoms with Crippen molar-refractivity contribution in [1.29, 1.82) is 0 Å². The molecule has 29 atom stereocenters. The number of rotatable bonds is 14. The summed E-state index contributed by atoms with van der Waals surface area (Å²) in [5.41, 5.74) is -3.17. The Bertz CT molecular complexity index is 2490. The standard InChI is InChI=1S/C59H92O26/c1-11-24(2)49(75)85-46-47(78-25(3)62)59(23-61)27(18-54(46,4)5)26-12-13-32-56(8)16-15-34(55(6,7)31(56)14-17-57(32,9)58(26,10)19-33(59)65)80-53-45(84-51-40(71)38(69)37(68)30(20-60)79-51)42(41(72)43(82-53)48(73)74)81-52-44(36(67)29(64)22-77-52)83-50-39(70)35(66)28(63)21-76-50/h11-12,27-47,50-53,60-61,63-72H,13-23H2,1-10H3,(H,73,74)/b24-11-/t27-,28-,29-,30+,31?,32+,33+,34-,35-,36-,37-,38-,39+,40+,41-,42-,43-,44+,45+,46-,47-,50-,51-,52-,53+,56-,57+,58+,59-/m0/s1. The normalized spacial score (nSPS) is 50.5. The highest BCUT2D eigenvalue weighted by molar-refractivity contribution is 5.87. The van der Waals surface area contributed by atoms with Crippen molar-refractivity contribution in [3.8, 4) is 0 Å². The number of carboxylic acids is 1. The Kier molecular flexibility index (Phi) is 19.1. The molecule has 4 saturated carbocycles. The highest BCUT2D eigenvalue weighted by atomic mass is 16.8. The SMILES string of the molecule is C/C=C(/C)C(=O)O[C@H]1[C@H](OC(C)=O)[C@]2(CO)[C@H](O)C[C@]3(C)C(=CC[C@@H]4[C@@]5(C)CC[C@H](O[C@@H]6O[C@H](C(=O)O)[C@@H](O)[C@H](O[C@@H]7OC[C@H](O)[C@H](O)[C@H]7O[C@@H]7OC[C@H](O)[C@H](O)[C@H]7O)[C@H]6O[C@@H]6O[C@H](CO)[C@H](O)[C@H](O)[C@H]6O)C(C)(C)C5CC[C@]43C)[C@@H]2CC1(C)C. The lowest BCUT2D eigenvalue weighted by Gasteiger charge is -2.72. The van der Waals surface area contributed by atoms with Gasteiger partial charge in [-0.25, -0.2) is 9.59 Å². The summed E-state index contributed by atoms with van der Waals surface area (Å²) in [5.74, 6) is -3.55. The number of aliphatic carboxylic acids is 1. The Balaban J connectivity index is 1.04. The summed E-state index contributed by atoms with van der Waals surface area (Å²) in [6.45, 7) is 16.7. The lowest BCUT2D eigenvalue weighted by molar-refractivity contribution is -0.399. The van der Waals surface area contributed by atoms with Gasteiger partial charge in [-0.1, -0.05) is 66.2 Å². The molecule has 26 nitrogen and oxygen atoms in total. The van der Waals surface area contributed by atoms with E-state index in [-0.39, 0.29) is 18.3 Å². The van der Waals surface area contributed by atoms with Gasteiger partial charge in [-0.15, -0.1) is 0 Å². The molecule has 13 N–H and O–H groups in total. The molecule has 484 valence electrons. The van der Waals surface area contributed by atoms with Crippen LogP contribution in [0.15, 0.2) is 23.3 Å². The minimum Gasteiger partial charge on any atom is -0.479 e. The van der Waals surface area contributed by atoms with Gasteiger partial charge < -0.3 is 114 Å². The molecule has 0 aromatic carbocycles. The van der Waals surface area contributed by atoms with Crippen LogP contribution in [-0.2, 0) is 61.8 Å². The van der Waals surface area contributed by atoms with E-state index >= 15 is 0 Å². The van der Waals surface area contributed by atoms with E-state index in [1.165, 1.54) is 6.92 Å². The van der Waals surface area contributed by atoms with E-state index < -0.39 is 218 Å². The molecule has 4 heterocycles. The Hall–Kier alpha value is -2.91. The highest BCUT2D eigenvalue weighted by Gasteiger charge is 2.74. The van der Waals surface area contributed by atoms with Crippen LogP contribution in [0.1, 0.15) is 114 Å². The van der Waals surface area contributed by atoms with Crippen LogP contribution in [0.2, 0.25) is 0 Å². The summed E-state index contributed by atoms with van der Waals surface area (Å²) in [7, 11) is 0. The number of esters is 2. The molecule has 0 aromatic heterocycles. The largest absolute Gasteiger partial charge is 0.479 e. The van der Waals surface area contributed by atoms with E-state index in [4.69, 9.17) is 47.4 Å². The second-order valence-corrected chi connectivity index (χ2v) is 27.6. The number of aliphatic hydroxyl groups is 12. The predicted octanol–water partition coefficient (Wildman–Crippen LogP) is -1.19. The number of carbonyl (C=O) groups is 3. The fourth-order valence-electron chi connectivity index (χ4n) is 17.1. The molecule has 0 amide bonds. The van der Waals surface area contributed by atoms with Crippen LogP contribution >= 0.6 is 0 Å². The van der Waals surface area contributed by atoms with Crippen molar-refractivity contribution in [2.75, 3.05) is 26.4 Å². The first-order valence-electron chi connectivity index (χ1n) is 29.8. The number of carbonyl (C=O) groups excluding carboxylic acids is 2. The van der Waals surface area contributed by atoms with Crippen LogP contribution in [-0.4, -0.2) is 246 Å². The average Bonchev–Trinajstić information content (AvgIpc) is 0.769. The Morgan fingerprint density at radius 3 is 1.89 bits per heavy atom. The van der Waals surface area contributed by atoms with Gasteiger partial charge in [0.1, 0.15) is 91.6 Å². The number of hydrogen-bond acceptors (Lipinski definition) is 25. The van der Waals surface area contributed by atoms with Crippen molar-refractivity contribution in [3.63, 3.8) is 0 Å². The number of ether oxygens (including phenoxy) is 10. The van der Waals surface area contributed by atoms with Gasteiger partial charge in [0.15, 0.2) is 31.3 Å². The first-order chi connectivity index (χ1) is 39.7. The Morgan fingerprint density at radius 2 is 1.27 bits per heavy atom. The third-order valence-electron chi connectivity index (χ3n) is 22.2. The van der Waals surface area contributed by atoms with Crippen LogP contribution in [0, 0.1) is 50.2 Å². The Morgan fingerprint density at radius 1 is 0.647 bits per heavy atom. The zero-order valence-electron chi connectivity index (χ0n) is 50.0. The van der Waals surface area contributed by atoms with Gasteiger partial charge >= 0.3 is 17.9 Å². The molecule has 0 spiro atoms. The van der Waals surface area contributed by atoms with Gasteiger partial charge in [0, 0.05) is 17.9 Å². The molecule has 4 aliphatic heterocycles. The summed E-state index contributed by atoms with van der Waals surface area (Å²) < 4.78 is 60.9. The van der Waals surface area contributed by atoms with Gasteiger partial charge in [-0.3, -0.25) is 4.79 Å². The lowest BCUT2D eigenvalue weighted by atomic mass is 9.33. The second-order valence-electron chi connectivity index (χ2n) is 27.6. The molecule has 0 aromatic rings. The van der Waals surface area contributed by atoms with E-state index in [0.717, 1.165) is 5.57 Å². The fraction of sp³-hybridized carbons (Fsp3) is 0.881. The molecule has 5 aliphatic carbocycles. The molecule has 8 fully saturated rings. The van der Waals surface area contributed by atoms with E-state index in [2.05, 4.69) is 26.8 Å². The lowest BCUT2D eigenvalue weighted by Crippen LogP contribution is -2.72. The molecule has 85 heavy (non-hydrogen) atoms. The summed E-state index contributed by atoms with van der Waals surface area (Å²) in [6, 6.07) is 0. The van der Waals surface area contributed by atoms with Crippen LogP contribution in [0.3, 0.4) is 0 Å². The van der Waals surface area contributed by atoms with Crippen LogP contribution in [0.4, 0.5) is 0 Å². The van der Waals surface area contributed by atoms with E-state index in [1.54, 1.807) is 19.9 Å². The number of aliphatic hydroxyl groups excluding tert-OH is 12. The predicted molar refractivity (Wildman–Crippen MR) is 288 cm³/mol. The molecular weight excluding hydrogens is 1120 g/mol. The fourth-order valence-corrected chi connectivity index (χ4v) is 17.1. The highest BCUT2D eigenvalue weighted by Crippen LogP contribution is 2.76. The van der Waals surface area contributed by atoms with E-state index in [9.17, 15) is 80.8 Å². The summed E-state index contributed by atoms with van der Waals surface area (Å²) in [6.07, 6.45) is -30.6. The number of allylic oxidation sites excluding steroid dienone is 3. The topological polar surface area (TPSA) is 407 Å². The smallest absolute Gasteiger partial charge is 0.335 e. The van der Waals surface area contributed by atoms with Crippen molar-refractivity contribution < 1.29 is 128 Å². The maximum Gasteiger partial charge on any atom is 0.335 e. The average molecular weight is 1220 g/mol. The molecule has 9 rings (SSSR count). The molecule has 26 heteroatoms. The number of fused-ring (bicyclic) bond motifs is 7. The van der Waals surface area contributed by atoms with Crippen LogP contribution in [0.25, 0.3) is 0 Å². The monoisotopic (exact) mass is 1220 g/mol. The number of carboxylic acid groups (broad SMARTS) is 1. The molecule has 4 saturated heterocycles. The first kappa shape index (κ1) is 66.5. The van der Waals surface area contributed by atoms with Crippen molar-refractivity contribution in [2.45, 2.75) is 249 Å². The minimum atomic E-state index is -2.21. The summed E-state index contributed by atoms with van der Waals surface area (Å²) in [5, 5.41) is 144. The quantitative estimate of drug-likeness (QED) is 0.0421. The van der Waals surface area contributed by atoms with Gasteiger partial charge in [0.2, 0.25) is 0 Å². The van der Waals surface area contributed by atoms with Crippen molar-refractivity contribution in [3.05, 3.63) is 23.3 Å². The molecule has 0 bridgehead atoms. The van der Waals surface area contributed by atoms with Gasteiger partial charge in [0.05, 0.1) is 44.1 Å². The van der Waals surface area contributed by atoms with Gasteiger partial charge in [-0.2, -0.15) is 0 Å².